The van der Waals surface area contributed by atoms with Crippen LogP contribution >= 0.6 is 0 Å². The molecule has 4 amide bonds. The molecule has 6 nitrogen and oxygen atoms in total. The summed E-state index contributed by atoms with van der Waals surface area (Å²) in [6, 6.07) is -1.90. The summed E-state index contributed by atoms with van der Waals surface area (Å²) in [7, 11) is 0. The van der Waals surface area contributed by atoms with Crippen LogP contribution in [-0.4, -0.2) is 35.3 Å². The summed E-state index contributed by atoms with van der Waals surface area (Å²) in [5.41, 5.74) is 5.39. The van der Waals surface area contributed by atoms with Crippen molar-refractivity contribution in [3.8, 4) is 0 Å². The maximum Gasteiger partial charge on any atom is 0.330 e. The van der Waals surface area contributed by atoms with E-state index < -0.39 is 23.9 Å². The van der Waals surface area contributed by atoms with Crippen LogP contribution in [0.15, 0.2) is 0 Å². The first kappa shape index (κ1) is 14.6. The van der Waals surface area contributed by atoms with Crippen molar-refractivity contribution in [3.63, 3.8) is 0 Å². The van der Waals surface area contributed by atoms with Crippen LogP contribution in [0.2, 0.25) is 0 Å². The largest absolute Gasteiger partial charge is 0.330 e. The number of imide groups is 2. The first-order valence-electron chi connectivity index (χ1n) is 6.49. The van der Waals surface area contributed by atoms with E-state index in [1.54, 1.807) is 0 Å². The highest BCUT2D eigenvalue weighted by molar-refractivity contribution is 6.18. The number of rotatable bonds is 7. The van der Waals surface area contributed by atoms with E-state index in [1.165, 1.54) is 19.3 Å². The van der Waals surface area contributed by atoms with Gasteiger partial charge in [-0.1, -0.05) is 39.0 Å². The molecular weight excluding hydrogens is 234 g/mol. The maximum absolute atomic E-state index is 11.6. The number of urea groups is 1. The summed E-state index contributed by atoms with van der Waals surface area (Å²) in [5, 5.41) is 2.07. The standard InChI is InChI=1S/C12H21N3O3/c1-2-3-4-5-6-7-8-15-11(17)9(13)10(16)14-12(15)18/h9H,2-8,13H2,1H3,(H,14,16,18). The fourth-order valence-corrected chi connectivity index (χ4v) is 1.89. The Labute approximate surface area is 107 Å². The number of hydrogen-bond donors (Lipinski definition) is 2. The van der Waals surface area contributed by atoms with E-state index in [0.29, 0.717) is 6.54 Å². The molecule has 0 spiro atoms. The molecule has 6 heteroatoms. The Morgan fingerprint density at radius 1 is 1.11 bits per heavy atom. The van der Waals surface area contributed by atoms with Crippen molar-refractivity contribution in [1.82, 2.24) is 10.2 Å². The van der Waals surface area contributed by atoms with E-state index in [4.69, 9.17) is 5.73 Å². The van der Waals surface area contributed by atoms with Gasteiger partial charge in [0.25, 0.3) is 11.8 Å². The smallest absolute Gasteiger partial charge is 0.312 e. The summed E-state index contributed by atoms with van der Waals surface area (Å²) < 4.78 is 0. The number of carbonyl (C=O) groups is 3. The second-order valence-corrected chi connectivity index (χ2v) is 4.53. The Bertz CT molecular complexity index is 331. The number of nitrogens with zero attached hydrogens (tertiary/aromatic N) is 1. The number of carbonyl (C=O) groups excluding carboxylic acids is 3. The predicted molar refractivity (Wildman–Crippen MR) is 66.6 cm³/mol. The molecule has 1 aliphatic rings. The molecule has 102 valence electrons. The van der Waals surface area contributed by atoms with Crippen LogP contribution in [0.4, 0.5) is 4.79 Å². The predicted octanol–water partition coefficient (Wildman–Crippen LogP) is 0.753. The van der Waals surface area contributed by atoms with E-state index in [0.717, 1.165) is 24.2 Å². The number of unbranched alkanes of at least 4 members (excludes halogenated alkanes) is 5. The molecule has 0 saturated carbocycles. The van der Waals surface area contributed by atoms with E-state index >= 15 is 0 Å². The molecule has 0 radical (unpaired) electrons. The van der Waals surface area contributed by atoms with Gasteiger partial charge < -0.3 is 5.73 Å². The highest BCUT2D eigenvalue weighted by atomic mass is 16.2. The minimum absolute atomic E-state index is 0.331. The minimum Gasteiger partial charge on any atom is -0.312 e. The fourth-order valence-electron chi connectivity index (χ4n) is 1.89. The lowest BCUT2D eigenvalue weighted by molar-refractivity contribution is -0.138. The summed E-state index contributed by atoms with van der Waals surface area (Å²) in [6.45, 7) is 2.48. The third kappa shape index (κ3) is 3.80. The van der Waals surface area contributed by atoms with Crippen molar-refractivity contribution in [2.24, 2.45) is 5.73 Å². The van der Waals surface area contributed by atoms with Crippen molar-refractivity contribution >= 4 is 17.8 Å². The molecule has 18 heavy (non-hydrogen) atoms. The molecule has 3 N–H and O–H groups in total. The molecule has 1 rings (SSSR count). The second kappa shape index (κ2) is 7.10. The monoisotopic (exact) mass is 255 g/mol. The van der Waals surface area contributed by atoms with E-state index in [1.807, 2.05) is 0 Å². The number of amides is 4. The van der Waals surface area contributed by atoms with Crippen molar-refractivity contribution in [2.45, 2.75) is 51.5 Å². The Balaban J connectivity index is 2.30. The molecule has 1 atom stereocenters. The van der Waals surface area contributed by atoms with E-state index in [2.05, 4.69) is 12.2 Å². The van der Waals surface area contributed by atoms with Gasteiger partial charge in [0.1, 0.15) is 0 Å². The van der Waals surface area contributed by atoms with Gasteiger partial charge in [-0.05, 0) is 6.42 Å². The molecule has 0 aromatic heterocycles. The molecule has 1 saturated heterocycles. The van der Waals surface area contributed by atoms with Gasteiger partial charge in [-0.3, -0.25) is 19.8 Å². The van der Waals surface area contributed by atoms with Gasteiger partial charge in [0.15, 0.2) is 6.04 Å². The van der Waals surface area contributed by atoms with Crippen LogP contribution in [0.3, 0.4) is 0 Å². The third-order valence-corrected chi connectivity index (χ3v) is 3.03. The second-order valence-electron chi connectivity index (χ2n) is 4.53. The zero-order valence-electron chi connectivity index (χ0n) is 10.8. The Kier molecular flexibility index (Phi) is 5.77. The first-order chi connectivity index (χ1) is 8.57. The first-order valence-corrected chi connectivity index (χ1v) is 6.49. The Hall–Kier alpha value is -1.43. The quantitative estimate of drug-likeness (QED) is 0.518. The number of barbiturate groups is 1. The molecule has 1 fully saturated rings. The van der Waals surface area contributed by atoms with Crippen LogP contribution in [0.5, 0.6) is 0 Å². The van der Waals surface area contributed by atoms with Crippen molar-refractivity contribution in [1.29, 1.82) is 0 Å². The van der Waals surface area contributed by atoms with Gasteiger partial charge in [-0.2, -0.15) is 0 Å². The zero-order valence-corrected chi connectivity index (χ0v) is 10.8. The molecule has 0 aromatic rings. The average Bonchev–Trinajstić information content (AvgIpc) is 2.34. The summed E-state index contributed by atoms with van der Waals surface area (Å²) in [5.74, 6) is -1.32. The lowest BCUT2D eigenvalue weighted by atomic mass is 10.1. The van der Waals surface area contributed by atoms with Crippen molar-refractivity contribution in [3.05, 3.63) is 0 Å². The maximum atomic E-state index is 11.6. The Morgan fingerprint density at radius 2 is 1.72 bits per heavy atom. The van der Waals surface area contributed by atoms with E-state index in [-0.39, 0.29) is 0 Å². The van der Waals surface area contributed by atoms with Crippen LogP contribution in [-0.2, 0) is 9.59 Å². The Morgan fingerprint density at radius 3 is 2.39 bits per heavy atom. The van der Waals surface area contributed by atoms with Gasteiger partial charge in [-0.25, -0.2) is 4.79 Å². The van der Waals surface area contributed by atoms with Gasteiger partial charge in [0.2, 0.25) is 0 Å². The topological polar surface area (TPSA) is 92.5 Å². The number of nitrogens with one attached hydrogen (secondary N) is 1. The zero-order chi connectivity index (χ0) is 13.5. The minimum atomic E-state index is -1.25. The SMILES string of the molecule is CCCCCCCCN1C(=O)NC(=O)C(N)C1=O. The van der Waals surface area contributed by atoms with Gasteiger partial charge >= 0.3 is 6.03 Å². The van der Waals surface area contributed by atoms with Crippen LogP contribution in [0.25, 0.3) is 0 Å². The normalized spacial score (nSPS) is 20.2. The molecule has 1 aliphatic heterocycles. The van der Waals surface area contributed by atoms with Crippen LogP contribution in [0.1, 0.15) is 45.4 Å². The van der Waals surface area contributed by atoms with Crippen molar-refractivity contribution < 1.29 is 14.4 Å². The highest BCUT2D eigenvalue weighted by Crippen LogP contribution is 2.08. The summed E-state index contributed by atoms with van der Waals surface area (Å²) in [4.78, 5) is 35.2. The number of hydrogen-bond acceptors (Lipinski definition) is 4. The van der Waals surface area contributed by atoms with E-state index in [9.17, 15) is 14.4 Å². The number of nitrogens with two attached hydrogens (primary N) is 1. The molecule has 0 aromatic carbocycles. The molecule has 0 aliphatic carbocycles. The van der Waals surface area contributed by atoms with Crippen LogP contribution in [0, 0.1) is 0 Å². The molecule has 0 bridgehead atoms. The molecular formula is C12H21N3O3. The summed E-state index contributed by atoms with van der Waals surface area (Å²) >= 11 is 0. The fraction of sp³-hybridized carbons (Fsp3) is 0.750. The summed E-state index contributed by atoms with van der Waals surface area (Å²) in [6.07, 6.45) is 6.40. The lowest BCUT2D eigenvalue weighted by Gasteiger charge is -2.28. The van der Waals surface area contributed by atoms with Crippen molar-refractivity contribution in [2.75, 3.05) is 6.54 Å². The third-order valence-electron chi connectivity index (χ3n) is 3.03. The van der Waals surface area contributed by atoms with Crippen LogP contribution < -0.4 is 11.1 Å². The van der Waals surface area contributed by atoms with Gasteiger partial charge in [0.05, 0.1) is 0 Å². The van der Waals surface area contributed by atoms with Gasteiger partial charge in [0, 0.05) is 6.54 Å². The highest BCUT2D eigenvalue weighted by Gasteiger charge is 2.37. The lowest BCUT2D eigenvalue weighted by Crippen LogP contribution is -2.63. The average molecular weight is 255 g/mol. The molecule has 1 unspecified atom stereocenters. The molecule has 1 heterocycles. The van der Waals surface area contributed by atoms with Gasteiger partial charge in [-0.15, -0.1) is 0 Å².